The van der Waals surface area contributed by atoms with Crippen LogP contribution in [0.1, 0.15) is 69.5 Å². The molecule has 2 aromatic carbocycles. The Morgan fingerprint density at radius 3 is 2.56 bits per heavy atom. The van der Waals surface area contributed by atoms with E-state index in [0.29, 0.717) is 23.4 Å². The van der Waals surface area contributed by atoms with Crippen molar-refractivity contribution in [2.24, 2.45) is 0 Å². The van der Waals surface area contributed by atoms with Crippen LogP contribution in [0.4, 0.5) is 11.4 Å². The lowest BCUT2D eigenvalue weighted by atomic mass is 10.0. The molecule has 0 radical (unpaired) electrons. The highest BCUT2D eigenvalue weighted by atomic mass is 16.2. The van der Waals surface area contributed by atoms with Gasteiger partial charge in [0.25, 0.3) is 11.8 Å². The van der Waals surface area contributed by atoms with Crippen LogP contribution in [-0.2, 0) is 0 Å². The minimum absolute atomic E-state index is 0.115. The molecule has 0 bridgehead atoms. The Kier molecular flexibility index (Phi) is 6.90. The number of fused-ring (bicyclic) bond motifs is 1. The highest BCUT2D eigenvalue weighted by Gasteiger charge is 2.30. The molecular formula is C27H33N7O2. The first-order valence-electron chi connectivity index (χ1n) is 12.6. The van der Waals surface area contributed by atoms with Crippen LogP contribution in [0, 0.1) is 6.92 Å². The summed E-state index contributed by atoms with van der Waals surface area (Å²) in [4.78, 5) is 26.0. The predicted molar refractivity (Wildman–Crippen MR) is 140 cm³/mol. The van der Waals surface area contributed by atoms with Gasteiger partial charge in [-0.05, 0) is 62.5 Å². The average molecular weight is 488 g/mol. The number of H-pyrrole nitrogens is 1. The number of aromatic amines is 1. The van der Waals surface area contributed by atoms with Crippen molar-refractivity contribution in [2.45, 2.75) is 44.8 Å². The van der Waals surface area contributed by atoms with Crippen LogP contribution < -0.4 is 26.6 Å². The van der Waals surface area contributed by atoms with E-state index in [1.807, 2.05) is 37.3 Å². The van der Waals surface area contributed by atoms with Crippen LogP contribution in [0.25, 0.3) is 0 Å². The molecule has 0 aliphatic carbocycles. The van der Waals surface area contributed by atoms with Crippen molar-refractivity contribution in [2.75, 3.05) is 30.3 Å². The zero-order valence-electron chi connectivity index (χ0n) is 20.7. The summed E-state index contributed by atoms with van der Waals surface area (Å²) in [6.07, 6.45) is 1.45. The molecule has 188 valence electrons. The van der Waals surface area contributed by atoms with Crippen molar-refractivity contribution in [1.29, 1.82) is 0 Å². The Morgan fingerprint density at radius 2 is 1.78 bits per heavy atom. The van der Waals surface area contributed by atoms with Gasteiger partial charge in [0.1, 0.15) is 11.9 Å². The van der Waals surface area contributed by atoms with E-state index in [9.17, 15) is 9.59 Å². The van der Waals surface area contributed by atoms with E-state index in [0.717, 1.165) is 43.0 Å². The summed E-state index contributed by atoms with van der Waals surface area (Å²) in [5.41, 5.74) is 5.31. The first kappa shape index (κ1) is 23.9. The van der Waals surface area contributed by atoms with E-state index in [4.69, 9.17) is 0 Å². The number of hydrogen-bond acceptors (Lipinski definition) is 6. The minimum atomic E-state index is -0.380. The van der Waals surface area contributed by atoms with Crippen molar-refractivity contribution >= 4 is 23.2 Å². The van der Waals surface area contributed by atoms with Crippen LogP contribution in [0.2, 0.25) is 0 Å². The highest BCUT2D eigenvalue weighted by Crippen LogP contribution is 2.36. The quantitative estimate of drug-likeness (QED) is 0.304. The van der Waals surface area contributed by atoms with Gasteiger partial charge in [0.05, 0.1) is 16.9 Å². The van der Waals surface area contributed by atoms with Crippen molar-refractivity contribution in [3.63, 3.8) is 0 Å². The molecule has 9 heteroatoms. The van der Waals surface area contributed by atoms with Gasteiger partial charge in [-0.2, -0.15) is 5.10 Å². The summed E-state index contributed by atoms with van der Waals surface area (Å²) in [7, 11) is 0. The van der Waals surface area contributed by atoms with Gasteiger partial charge in [-0.25, -0.2) is 0 Å². The summed E-state index contributed by atoms with van der Waals surface area (Å²) < 4.78 is 0. The molecule has 0 spiro atoms. The molecule has 3 heterocycles. The summed E-state index contributed by atoms with van der Waals surface area (Å²) >= 11 is 0. The Balaban J connectivity index is 1.24. The summed E-state index contributed by atoms with van der Waals surface area (Å²) in [5, 5.41) is 23.7. The van der Waals surface area contributed by atoms with Gasteiger partial charge >= 0.3 is 0 Å². The maximum atomic E-state index is 13.1. The molecule has 36 heavy (non-hydrogen) atoms. The number of carbonyl (C=O) groups excluding carboxylic acids is 2. The molecule has 2 atom stereocenters. The second-order valence-corrected chi connectivity index (χ2v) is 9.61. The predicted octanol–water partition coefficient (Wildman–Crippen LogP) is 3.27. The third-order valence-corrected chi connectivity index (χ3v) is 6.97. The molecule has 1 aromatic heterocycles. The lowest BCUT2D eigenvalue weighted by molar-refractivity contribution is 0.0925. The molecule has 0 saturated carbocycles. The fourth-order valence-electron chi connectivity index (χ4n) is 4.83. The molecule has 2 aliphatic rings. The SMILES string of the molecule is Cc1[nH]nc(C2Nc3ccc(C(=O)NCC(C)c4ccccc4)cc3N2)c1C(=O)NC1CCNCC1. The van der Waals surface area contributed by atoms with Crippen LogP contribution in [0.15, 0.2) is 48.5 Å². The summed E-state index contributed by atoms with van der Waals surface area (Å²) in [6, 6.07) is 15.8. The molecular weight excluding hydrogens is 454 g/mol. The Morgan fingerprint density at radius 1 is 1.03 bits per heavy atom. The molecule has 6 N–H and O–H groups in total. The van der Waals surface area contributed by atoms with Gasteiger partial charge in [0.2, 0.25) is 0 Å². The van der Waals surface area contributed by atoms with Crippen LogP contribution in [-0.4, -0.2) is 47.7 Å². The van der Waals surface area contributed by atoms with Crippen molar-refractivity contribution in [1.82, 2.24) is 26.1 Å². The fourth-order valence-corrected chi connectivity index (χ4v) is 4.83. The van der Waals surface area contributed by atoms with E-state index in [-0.39, 0.29) is 29.9 Å². The first-order valence-corrected chi connectivity index (χ1v) is 12.6. The highest BCUT2D eigenvalue weighted by molar-refractivity contribution is 5.98. The molecule has 9 nitrogen and oxygen atoms in total. The van der Waals surface area contributed by atoms with Crippen LogP contribution in [0.3, 0.4) is 0 Å². The molecule has 3 aromatic rings. The van der Waals surface area contributed by atoms with Gasteiger partial charge in [0.15, 0.2) is 0 Å². The topological polar surface area (TPSA) is 123 Å². The van der Waals surface area contributed by atoms with E-state index in [1.54, 1.807) is 6.07 Å². The third kappa shape index (κ3) is 5.06. The normalized spacial score (nSPS) is 18.0. The van der Waals surface area contributed by atoms with Crippen LogP contribution >= 0.6 is 0 Å². The van der Waals surface area contributed by atoms with Crippen molar-refractivity contribution < 1.29 is 9.59 Å². The zero-order chi connectivity index (χ0) is 25.1. The molecule has 2 unspecified atom stereocenters. The Bertz CT molecular complexity index is 1230. The number of nitrogens with one attached hydrogen (secondary N) is 6. The van der Waals surface area contributed by atoms with Crippen LogP contribution in [0.5, 0.6) is 0 Å². The van der Waals surface area contributed by atoms with Gasteiger partial charge in [-0.15, -0.1) is 0 Å². The third-order valence-electron chi connectivity index (χ3n) is 6.97. The first-order chi connectivity index (χ1) is 17.5. The van der Waals surface area contributed by atoms with Gasteiger partial charge in [-0.3, -0.25) is 14.7 Å². The molecule has 2 amide bonds. The lowest BCUT2D eigenvalue weighted by Gasteiger charge is -2.24. The number of benzene rings is 2. The van der Waals surface area contributed by atoms with Gasteiger partial charge < -0.3 is 26.6 Å². The largest absolute Gasteiger partial charge is 0.359 e. The number of carbonyl (C=O) groups is 2. The number of anilines is 2. The van der Waals surface area contributed by atoms with E-state index in [1.165, 1.54) is 5.56 Å². The molecule has 5 rings (SSSR count). The zero-order valence-corrected chi connectivity index (χ0v) is 20.7. The number of aryl methyl sites for hydroxylation is 1. The number of hydrogen-bond donors (Lipinski definition) is 6. The average Bonchev–Trinajstić information content (AvgIpc) is 3.50. The minimum Gasteiger partial charge on any atom is -0.359 e. The number of rotatable bonds is 7. The second kappa shape index (κ2) is 10.4. The van der Waals surface area contributed by atoms with E-state index >= 15 is 0 Å². The number of aromatic nitrogens is 2. The van der Waals surface area contributed by atoms with Crippen molar-refractivity contribution in [3.05, 3.63) is 76.6 Å². The monoisotopic (exact) mass is 487 g/mol. The fraction of sp³-hybridized carbons (Fsp3) is 0.370. The number of nitrogens with zero attached hydrogens (tertiary/aromatic N) is 1. The lowest BCUT2D eigenvalue weighted by Crippen LogP contribution is -2.43. The smallest absolute Gasteiger partial charge is 0.255 e. The Hall–Kier alpha value is -3.85. The number of amides is 2. The maximum Gasteiger partial charge on any atom is 0.255 e. The van der Waals surface area contributed by atoms with E-state index in [2.05, 4.69) is 55.8 Å². The standard InChI is InChI=1S/C27H33N7O2/c1-16(18-6-4-3-5-7-18)15-29-26(35)19-8-9-21-22(14-19)32-25(31-21)24-23(17(2)33-34-24)27(36)30-20-10-12-28-13-11-20/h3-9,14,16,20,25,28,31-32H,10-13,15H2,1-2H3,(H,29,35)(H,30,36)(H,33,34). The maximum absolute atomic E-state index is 13.1. The van der Waals surface area contributed by atoms with E-state index < -0.39 is 0 Å². The molecule has 2 aliphatic heterocycles. The molecule has 1 saturated heterocycles. The Labute approximate surface area is 210 Å². The van der Waals surface area contributed by atoms with Gasteiger partial charge in [0, 0.05) is 23.8 Å². The van der Waals surface area contributed by atoms with Crippen molar-refractivity contribution in [3.8, 4) is 0 Å². The summed E-state index contributed by atoms with van der Waals surface area (Å²) in [5.74, 6) is -0.0233. The number of piperidine rings is 1. The second-order valence-electron chi connectivity index (χ2n) is 9.61. The van der Waals surface area contributed by atoms with Gasteiger partial charge in [-0.1, -0.05) is 37.3 Å². The summed E-state index contributed by atoms with van der Waals surface area (Å²) in [6.45, 7) is 6.32. The molecule has 1 fully saturated rings.